The van der Waals surface area contributed by atoms with Crippen molar-refractivity contribution in [2.24, 2.45) is 5.73 Å². The molecule has 6 heteroatoms. The molecule has 0 saturated carbocycles. The number of hydrogen-bond donors (Lipinski definition) is 2. The minimum atomic E-state index is -0.395. The molecule has 0 amide bonds. The van der Waals surface area contributed by atoms with Crippen LogP contribution in [0.4, 0.5) is 5.82 Å². The number of nitrogens with zero attached hydrogens (tertiary/aromatic N) is 1. The van der Waals surface area contributed by atoms with Crippen LogP contribution in [0.25, 0.3) is 6.08 Å². The SMILES string of the molecule is C[C@H](N)c1cnc(N)c(/C=C/B2OC(C)(C)C(C)(C)O2)c1. The monoisotopic (exact) mass is 289 g/mol. The third kappa shape index (κ3) is 3.28. The summed E-state index contributed by atoms with van der Waals surface area (Å²) in [6, 6.07) is 1.86. The van der Waals surface area contributed by atoms with Gasteiger partial charge < -0.3 is 20.8 Å². The molecular weight excluding hydrogens is 265 g/mol. The van der Waals surface area contributed by atoms with Crippen LogP contribution in [0, 0.1) is 0 Å². The Kier molecular flexibility index (Phi) is 4.15. The minimum absolute atomic E-state index is 0.0814. The first-order valence-corrected chi connectivity index (χ1v) is 7.17. The van der Waals surface area contributed by atoms with Gasteiger partial charge in [-0.1, -0.05) is 12.1 Å². The predicted molar refractivity (Wildman–Crippen MR) is 86.4 cm³/mol. The van der Waals surface area contributed by atoms with Crippen molar-refractivity contribution >= 4 is 19.0 Å². The first-order valence-electron chi connectivity index (χ1n) is 7.17. The van der Waals surface area contributed by atoms with Crippen molar-refractivity contribution in [2.45, 2.75) is 51.9 Å². The van der Waals surface area contributed by atoms with Crippen molar-refractivity contribution in [3.63, 3.8) is 0 Å². The van der Waals surface area contributed by atoms with E-state index in [2.05, 4.69) is 4.98 Å². The molecule has 0 aliphatic carbocycles. The number of aromatic nitrogens is 1. The van der Waals surface area contributed by atoms with Crippen molar-refractivity contribution in [3.05, 3.63) is 29.4 Å². The number of rotatable bonds is 3. The Labute approximate surface area is 126 Å². The van der Waals surface area contributed by atoms with E-state index in [1.54, 1.807) is 6.20 Å². The van der Waals surface area contributed by atoms with Crippen LogP contribution in [0.15, 0.2) is 18.2 Å². The number of nitrogens with two attached hydrogens (primary N) is 2. The van der Waals surface area contributed by atoms with E-state index < -0.39 is 7.12 Å². The Balaban J connectivity index is 2.18. The Morgan fingerprint density at radius 3 is 2.33 bits per heavy atom. The third-order valence-electron chi connectivity index (χ3n) is 4.20. The van der Waals surface area contributed by atoms with Crippen LogP contribution in [0.2, 0.25) is 0 Å². The second-order valence-corrected chi connectivity index (χ2v) is 6.52. The lowest BCUT2D eigenvalue weighted by molar-refractivity contribution is 0.00578. The van der Waals surface area contributed by atoms with Gasteiger partial charge in [0, 0.05) is 17.8 Å². The molecule has 0 unspecified atom stereocenters. The molecule has 1 aliphatic heterocycles. The summed E-state index contributed by atoms with van der Waals surface area (Å²) in [5.74, 6) is 2.32. The van der Waals surface area contributed by atoms with Gasteiger partial charge in [-0.15, -0.1) is 0 Å². The van der Waals surface area contributed by atoms with Gasteiger partial charge in [0.05, 0.1) is 11.2 Å². The molecular formula is C15H24BN3O2. The summed E-state index contributed by atoms with van der Waals surface area (Å²) in [4.78, 5) is 4.17. The fraction of sp³-hybridized carbons (Fsp3) is 0.533. The van der Waals surface area contributed by atoms with Crippen molar-refractivity contribution in [1.29, 1.82) is 0 Å². The molecule has 1 saturated heterocycles. The Morgan fingerprint density at radius 1 is 1.24 bits per heavy atom. The van der Waals surface area contributed by atoms with E-state index in [1.807, 2.05) is 52.7 Å². The third-order valence-corrected chi connectivity index (χ3v) is 4.20. The lowest BCUT2D eigenvalue weighted by atomic mass is 9.89. The van der Waals surface area contributed by atoms with Crippen molar-refractivity contribution in [1.82, 2.24) is 4.98 Å². The predicted octanol–water partition coefficient (Wildman–Crippen LogP) is 2.33. The number of anilines is 1. The highest BCUT2D eigenvalue weighted by molar-refractivity contribution is 6.52. The zero-order valence-electron chi connectivity index (χ0n) is 13.4. The van der Waals surface area contributed by atoms with Crippen LogP contribution < -0.4 is 11.5 Å². The number of pyridine rings is 1. The van der Waals surface area contributed by atoms with Gasteiger partial charge in [0.25, 0.3) is 0 Å². The van der Waals surface area contributed by atoms with E-state index in [-0.39, 0.29) is 17.2 Å². The van der Waals surface area contributed by atoms with Crippen molar-refractivity contribution in [3.8, 4) is 0 Å². The normalized spacial score (nSPS) is 21.9. The van der Waals surface area contributed by atoms with Crippen LogP contribution in [0.3, 0.4) is 0 Å². The van der Waals surface area contributed by atoms with Gasteiger partial charge in [0.15, 0.2) is 0 Å². The molecule has 4 N–H and O–H groups in total. The molecule has 114 valence electrons. The van der Waals surface area contributed by atoms with E-state index in [4.69, 9.17) is 20.8 Å². The lowest BCUT2D eigenvalue weighted by Gasteiger charge is -2.32. The first kappa shape index (κ1) is 16.0. The Bertz CT molecular complexity index is 540. The molecule has 5 nitrogen and oxygen atoms in total. The second kappa shape index (κ2) is 5.44. The first-order chi connectivity index (χ1) is 9.62. The van der Waals surface area contributed by atoms with Gasteiger partial charge in [-0.25, -0.2) is 4.98 Å². The summed E-state index contributed by atoms with van der Waals surface area (Å²) in [6.07, 6.45) is 3.57. The van der Waals surface area contributed by atoms with E-state index in [9.17, 15) is 0 Å². The molecule has 0 aromatic carbocycles. The average molecular weight is 289 g/mol. The highest BCUT2D eigenvalue weighted by atomic mass is 16.7. The summed E-state index contributed by atoms with van der Waals surface area (Å²) in [5.41, 5.74) is 12.8. The van der Waals surface area contributed by atoms with Gasteiger partial charge in [-0.2, -0.15) is 0 Å². The van der Waals surface area contributed by atoms with Gasteiger partial charge in [-0.05, 0) is 46.2 Å². The van der Waals surface area contributed by atoms with Gasteiger partial charge in [-0.3, -0.25) is 0 Å². The summed E-state index contributed by atoms with van der Waals surface area (Å²) < 4.78 is 11.8. The molecule has 1 aromatic heterocycles. The highest BCUT2D eigenvalue weighted by Gasteiger charge is 2.49. The molecule has 2 heterocycles. The van der Waals surface area contributed by atoms with Crippen LogP contribution >= 0.6 is 0 Å². The van der Waals surface area contributed by atoms with Crippen LogP contribution in [0.5, 0.6) is 0 Å². The number of nitrogen functional groups attached to an aromatic ring is 1. The van der Waals surface area contributed by atoms with E-state index in [1.165, 1.54) is 0 Å². The summed E-state index contributed by atoms with van der Waals surface area (Å²) in [6.45, 7) is 10.00. The topological polar surface area (TPSA) is 83.4 Å². The number of hydrogen-bond acceptors (Lipinski definition) is 5. The van der Waals surface area contributed by atoms with E-state index in [0.717, 1.165) is 11.1 Å². The maximum Gasteiger partial charge on any atom is 0.487 e. The average Bonchev–Trinajstić information content (AvgIpc) is 2.56. The van der Waals surface area contributed by atoms with E-state index in [0.29, 0.717) is 5.82 Å². The van der Waals surface area contributed by atoms with Gasteiger partial charge in [0.1, 0.15) is 5.82 Å². The molecule has 0 bridgehead atoms. The van der Waals surface area contributed by atoms with Crippen LogP contribution in [0.1, 0.15) is 51.8 Å². The second-order valence-electron chi connectivity index (χ2n) is 6.52. The fourth-order valence-corrected chi connectivity index (χ4v) is 2.04. The Hall–Kier alpha value is -1.37. The maximum absolute atomic E-state index is 5.91. The molecule has 21 heavy (non-hydrogen) atoms. The molecule has 0 radical (unpaired) electrons. The van der Waals surface area contributed by atoms with Gasteiger partial charge in [0.2, 0.25) is 0 Å². The zero-order valence-corrected chi connectivity index (χ0v) is 13.4. The summed E-state index contributed by atoms with van der Waals surface area (Å²) in [5, 5.41) is 0. The van der Waals surface area contributed by atoms with Crippen LogP contribution in [-0.4, -0.2) is 23.3 Å². The zero-order chi connectivity index (χ0) is 15.8. The van der Waals surface area contributed by atoms with Crippen molar-refractivity contribution in [2.75, 3.05) is 5.73 Å². The minimum Gasteiger partial charge on any atom is -0.400 e. The lowest BCUT2D eigenvalue weighted by Crippen LogP contribution is -2.41. The Morgan fingerprint density at radius 2 is 1.81 bits per heavy atom. The van der Waals surface area contributed by atoms with Gasteiger partial charge >= 0.3 is 7.12 Å². The molecule has 2 rings (SSSR count). The molecule has 1 fully saturated rings. The summed E-state index contributed by atoms with van der Waals surface area (Å²) in [7, 11) is -0.395. The van der Waals surface area contributed by atoms with Crippen molar-refractivity contribution < 1.29 is 9.31 Å². The molecule has 0 spiro atoms. The van der Waals surface area contributed by atoms with Crippen LogP contribution in [-0.2, 0) is 9.31 Å². The standard InChI is InChI=1S/C15H24BN3O2/c1-10(17)12-8-11(13(18)19-9-12)6-7-16-20-14(2,3)15(4,5)21-16/h6-10H,17H2,1-5H3,(H2,18,19)/b7-6+/t10-/m0/s1. The molecule has 1 aromatic rings. The largest absolute Gasteiger partial charge is 0.487 e. The molecule has 1 aliphatic rings. The smallest absolute Gasteiger partial charge is 0.400 e. The summed E-state index contributed by atoms with van der Waals surface area (Å²) >= 11 is 0. The highest BCUT2D eigenvalue weighted by Crippen LogP contribution is 2.37. The van der Waals surface area contributed by atoms with E-state index >= 15 is 0 Å². The fourth-order valence-electron chi connectivity index (χ4n) is 2.04. The quantitative estimate of drug-likeness (QED) is 0.834. The maximum atomic E-state index is 5.91. The molecule has 1 atom stereocenters.